The fourth-order valence-corrected chi connectivity index (χ4v) is 2.51. The van der Waals surface area contributed by atoms with Gasteiger partial charge in [0, 0.05) is 16.5 Å². The molecule has 4 nitrogen and oxygen atoms in total. The smallest absolute Gasteiger partial charge is 0.339 e. The van der Waals surface area contributed by atoms with Crippen LogP contribution < -0.4 is 0 Å². The van der Waals surface area contributed by atoms with Gasteiger partial charge in [0.05, 0.1) is 28.9 Å². The number of pyridine rings is 2. The van der Waals surface area contributed by atoms with Crippen LogP contribution in [0, 0.1) is 13.8 Å². The Kier molecular flexibility index (Phi) is 3.29. The molecule has 0 fully saturated rings. The molecule has 0 saturated heterocycles. The third kappa shape index (κ3) is 2.23. The summed E-state index contributed by atoms with van der Waals surface area (Å²) in [6, 6.07) is 9.73. The Labute approximate surface area is 122 Å². The van der Waals surface area contributed by atoms with E-state index in [2.05, 4.69) is 9.97 Å². The molecule has 0 atom stereocenters. The Morgan fingerprint density at radius 2 is 1.86 bits per heavy atom. The van der Waals surface area contributed by atoms with E-state index in [-0.39, 0.29) is 5.97 Å². The van der Waals surface area contributed by atoms with Gasteiger partial charge in [0.25, 0.3) is 0 Å². The molecule has 1 aromatic carbocycles. The molecule has 0 amide bonds. The molecule has 0 N–H and O–H groups in total. The van der Waals surface area contributed by atoms with Gasteiger partial charge in [0.1, 0.15) is 0 Å². The summed E-state index contributed by atoms with van der Waals surface area (Å²) in [6.07, 6.45) is 0. The number of rotatable bonds is 2. The van der Waals surface area contributed by atoms with Gasteiger partial charge in [-0.05, 0) is 32.9 Å². The Morgan fingerprint density at radius 1 is 1.10 bits per heavy atom. The molecular weight excluding hydrogens is 264 g/mol. The maximum atomic E-state index is 12.0. The van der Waals surface area contributed by atoms with Crippen molar-refractivity contribution in [1.29, 1.82) is 0 Å². The van der Waals surface area contributed by atoms with E-state index in [0.717, 1.165) is 27.5 Å². The van der Waals surface area contributed by atoms with E-state index < -0.39 is 0 Å². The van der Waals surface area contributed by atoms with Gasteiger partial charge in [-0.25, -0.2) is 4.79 Å². The van der Waals surface area contributed by atoms with Crippen molar-refractivity contribution in [1.82, 2.24) is 9.97 Å². The standard InChI is InChI=1S/C17H16N2O2/c1-4-21-17(20)14-9-13-10(2)18-15-8-6-5-7-12(15)16(13)19-11(14)3/h5-9H,4H2,1-3H3. The second kappa shape index (κ2) is 5.13. The van der Waals surface area contributed by atoms with Crippen LogP contribution in [0.15, 0.2) is 30.3 Å². The van der Waals surface area contributed by atoms with E-state index in [1.807, 2.05) is 44.2 Å². The Morgan fingerprint density at radius 3 is 2.62 bits per heavy atom. The van der Waals surface area contributed by atoms with E-state index in [4.69, 9.17) is 4.74 Å². The van der Waals surface area contributed by atoms with Crippen LogP contribution in [0.3, 0.4) is 0 Å². The third-order valence-corrected chi connectivity index (χ3v) is 3.55. The van der Waals surface area contributed by atoms with Gasteiger partial charge in [-0.2, -0.15) is 0 Å². The number of carbonyl (C=O) groups excluding carboxylic acids is 1. The average molecular weight is 280 g/mol. The molecule has 0 bridgehead atoms. The van der Waals surface area contributed by atoms with Crippen LogP contribution in [-0.4, -0.2) is 22.5 Å². The number of aromatic nitrogens is 2. The van der Waals surface area contributed by atoms with Crippen molar-refractivity contribution >= 4 is 27.8 Å². The van der Waals surface area contributed by atoms with Gasteiger partial charge in [0.2, 0.25) is 0 Å². The molecule has 4 heteroatoms. The molecule has 0 radical (unpaired) electrons. The summed E-state index contributed by atoms with van der Waals surface area (Å²) < 4.78 is 5.09. The van der Waals surface area contributed by atoms with Gasteiger partial charge >= 0.3 is 5.97 Å². The number of aryl methyl sites for hydroxylation is 2. The number of para-hydroxylation sites is 1. The summed E-state index contributed by atoms with van der Waals surface area (Å²) >= 11 is 0. The van der Waals surface area contributed by atoms with Gasteiger partial charge in [-0.15, -0.1) is 0 Å². The van der Waals surface area contributed by atoms with Crippen LogP contribution in [0.4, 0.5) is 0 Å². The lowest BCUT2D eigenvalue weighted by molar-refractivity contribution is 0.0525. The minimum Gasteiger partial charge on any atom is -0.462 e. The molecular formula is C17H16N2O2. The molecule has 3 rings (SSSR count). The second-order valence-corrected chi connectivity index (χ2v) is 4.95. The SMILES string of the molecule is CCOC(=O)c1cc2c(C)nc3ccccc3c2nc1C. The van der Waals surface area contributed by atoms with Gasteiger partial charge < -0.3 is 4.74 Å². The number of hydrogen-bond donors (Lipinski definition) is 0. The van der Waals surface area contributed by atoms with E-state index in [0.29, 0.717) is 17.9 Å². The van der Waals surface area contributed by atoms with E-state index in [1.54, 1.807) is 6.92 Å². The Balaban J connectivity index is 2.34. The highest BCUT2D eigenvalue weighted by atomic mass is 16.5. The highest BCUT2D eigenvalue weighted by molar-refractivity contribution is 6.06. The van der Waals surface area contributed by atoms with E-state index in [1.165, 1.54) is 0 Å². The molecule has 0 saturated carbocycles. The summed E-state index contributed by atoms with van der Waals surface area (Å²) in [4.78, 5) is 21.2. The van der Waals surface area contributed by atoms with E-state index >= 15 is 0 Å². The first-order valence-electron chi connectivity index (χ1n) is 6.95. The van der Waals surface area contributed by atoms with Crippen LogP contribution in [-0.2, 0) is 4.74 Å². The molecule has 2 heterocycles. The number of carbonyl (C=O) groups is 1. The number of fused-ring (bicyclic) bond motifs is 3. The van der Waals surface area contributed by atoms with Crippen molar-refractivity contribution in [3.8, 4) is 0 Å². The lowest BCUT2D eigenvalue weighted by atomic mass is 10.1. The van der Waals surface area contributed by atoms with Gasteiger partial charge in [0.15, 0.2) is 0 Å². The maximum absolute atomic E-state index is 12.0. The highest BCUT2D eigenvalue weighted by Crippen LogP contribution is 2.26. The molecule has 0 aliphatic rings. The number of esters is 1. The Bertz CT molecular complexity index is 856. The quantitative estimate of drug-likeness (QED) is 0.532. The lowest BCUT2D eigenvalue weighted by Gasteiger charge is -2.10. The van der Waals surface area contributed by atoms with Gasteiger partial charge in [-0.3, -0.25) is 9.97 Å². The minimum atomic E-state index is -0.336. The first-order valence-corrected chi connectivity index (χ1v) is 6.95. The zero-order valence-electron chi connectivity index (χ0n) is 12.3. The van der Waals surface area contributed by atoms with Crippen LogP contribution in [0.2, 0.25) is 0 Å². The summed E-state index contributed by atoms with van der Waals surface area (Å²) in [5.41, 5.74) is 3.84. The van der Waals surface area contributed by atoms with Crippen molar-refractivity contribution in [2.75, 3.05) is 6.61 Å². The third-order valence-electron chi connectivity index (χ3n) is 3.55. The molecule has 3 aromatic rings. The zero-order chi connectivity index (χ0) is 15.0. The number of nitrogens with zero attached hydrogens (tertiary/aromatic N) is 2. The summed E-state index contributed by atoms with van der Waals surface area (Å²) in [5.74, 6) is -0.336. The van der Waals surface area contributed by atoms with Crippen molar-refractivity contribution in [2.24, 2.45) is 0 Å². The van der Waals surface area contributed by atoms with Crippen molar-refractivity contribution in [3.05, 3.63) is 47.3 Å². The number of benzene rings is 1. The van der Waals surface area contributed by atoms with E-state index in [9.17, 15) is 4.79 Å². The predicted octanol–water partition coefficient (Wildman–Crippen LogP) is 3.58. The maximum Gasteiger partial charge on any atom is 0.339 e. The van der Waals surface area contributed by atoms with Crippen LogP contribution >= 0.6 is 0 Å². The molecule has 0 aliphatic carbocycles. The number of ether oxygens (including phenoxy) is 1. The fourth-order valence-electron chi connectivity index (χ4n) is 2.51. The summed E-state index contributed by atoms with van der Waals surface area (Å²) in [5, 5.41) is 1.89. The van der Waals surface area contributed by atoms with Crippen LogP contribution in [0.5, 0.6) is 0 Å². The molecule has 0 spiro atoms. The van der Waals surface area contributed by atoms with Crippen LogP contribution in [0.25, 0.3) is 21.8 Å². The first kappa shape index (κ1) is 13.5. The van der Waals surface area contributed by atoms with Crippen molar-refractivity contribution in [2.45, 2.75) is 20.8 Å². The second-order valence-electron chi connectivity index (χ2n) is 4.95. The fraction of sp³-hybridized carbons (Fsp3) is 0.235. The summed E-state index contributed by atoms with van der Waals surface area (Å²) in [6.45, 7) is 5.91. The monoisotopic (exact) mass is 280 g/mol. The van der Waals surface area contributed by atoms with Crippen LogP contribution in [0.1, 0.15) is 28.7 Å². The zero-order valence-corrected chi connectivity index (χ0v) is 12.3. The largest absolute Gasteiger partial charge is 0.462 e. The van der Waals surface area contributed by atoms with Crippen molar-refractivity contribution in [3.63, 3.8) is 0 Å². The molecule has 21 heavy (non-hydrogen) atoms. The first-order chi connectivity index (χ1) is 10.1. The normalized spacial score (nSPS) is 11.0. The number of hydrogen-bond acceptors (Lipinski definition) is 4. The lowest BCUT2D eigenvalue weighted by Crippen LogP contribution is -2.08. The molecule has 2 aromatic heterocycles. The molecule has 106 valence electrons. The topological polar surface area (TPSA) is 52.1 Å². The molecule has 0 unspecified atom stereocenters. The average Bonchev–Trinajstić information content (AvgIpc) is 2.47. The summed E-state index contributed by atoms with van der Waals surface area (Å²) in [7, 11) is 0. The minimum absolute atomic E-state index is 0.336. The molecule has 0 aliphatic heterocycles. The van der Waals surface area contributed by atoms with Gasteiger partial charge in [-0.1, -0.05) is 18.2 Å². The highest BCUT2D eigenvalue weighted by Gasteiger charge is 2.15. The van der Waals surface area contributed by atoms with Crippen molar-refractivity contribution < 1.29 is 9.53 Å². The Hall–Kier alpha value is -2.49. The predicted molar refractivity (Wildman–Crippen MR) is 82.5 cm³/mol.